The van der Waals surface area contributed by atoms with Crippen LogP contribution in [0.2, 0.25) is 0 Å². The molecule has 0 bridgehead atoms. The predicted molar refractivity (Wildman–Crippen MR) is 72.9 cm³/mol. The third-order valence-electron chi connectivity index (χ3n) is 4.19. The molecule has 1 aromatic rings. The van der Waals surface area contributed by atoms with Crippen molar-refractivity contribution in [1.29, 1.82) is 0 Å². The van der Waals surface area contributed by atoms with Gasteiger partial charge in [-0.3, -0.25) is 9.59 Å². The highest BCUT2D eigenvalue weighted by Gasteiger charge is 2.46. The van der Waals surface area contributed by atoms with Crippen molar-refractivity contribution in [3.05, 3.63) is 24.2 Å². The number of rotatable bonds is 5. The lowest BCUT2D eigenvalue weighted by atomic mass is 10.0. The summed E-state index contributed by atoms with van der Waals surface area (Å²) in [5.74, 6) is 1.26. The third kappa shape index (κ3) is 2.44. The Bertz CT molecular complexity index is 493. The van der Waals surface area contributed by atoms with Crippen LogP contribution in [0.4, 0.5) is 0 Å². The van der Waals surface area contributed by atoms with Crippen molar-refractivity contribution in [2.75, 3.05) is 6.54 Å². The molecule has 1 saturated carbocycles. The standard InChI is InChI=1S/C15H20N2O3/c1-2-12-14(18)16-13(10-5-6-10)15(19)17(12)8-7-11-4-3-9-20-11/h3-4,9-10,12-13H,2,5-8H2,1H3,(H,16,18). The van der Waals surface area contributed by atoms with Crippen LogP contribution in [-0.4, -0.2) is 35.3 Å². The van der Waals surface area contributed by atoms with Crippen LogP contribution in [0, 0.1) is 5.92 Å². The molecule has 5 nitrogen and oxygen atoms in total. The third-order valence-corrected chi connectivity index (χ3v) is 4.19. The molecule has 2 amide bonds. The summed E-state index contributed by atoms with van der Waals surface area (Å²) in [6, 6.07) is 3.09. The van der Waals surface area contributed by atoms with Crippen LogP contribution >= 0.6 is 0 Å². The molecule has 108 valence electrons. The Morgan fingerprint density at radius 2 is 2.20 bits per heavy atom. The van der Waals surface area contributed by atoms with Crippen LogP contribution in [-0.2, 0) is 16.0 Å². The first kappa shape index (κ1) is 13.2. The van der Waals surface area contributed by atoms with E-state index in [9.17, 15) is 9.59 Å². The van der Waals surface area contributed by atoms with Crippen LogP contribution in [0.25, 0.3) is 0 Å². The van der Waals surface area contributed by atoms with Crippen molar-refractivity contribution in [1.82, 2.24) is 10.2 Å². The fraction of sp³-hybridized carbons (Fsp3) is 0.600. The zero-order valence-corrected chi connectivity index (χ0v) is 11.7. The Balaban J connectivity index is 1.72. The zero-order chi connectivity index (χ0) is 14.1. The quantitative estimate of drug-likeness (QED) is 0.882. The summed E-state index contributed by atoms with van der Waals surface area (Å²) in [7, 11) is 0. The largest absolute Gasteiger partial charge is 0.469 e. The molecular weight excluding hydrogens is 256 g/mol. The molecule has 0 aromatic carbocycles. The van der Waals surface area contributed by atoms with E-state index in [0.29, 0.717) is 25.3 Å². The van der Waals surface area contributed by atoms with E-state index < -0.39 is 0 Å². The molecule has 2 aliphatic rings. The lowest BCUT2D eigenvalue weighted by Crippen LogP contribution is -2.64. The van der Waals surface area contributed by atoms with Crippen molar-refractivity contribution in [2.45, 2.75) is 44.7 Å². The number of amides is 2. The second kappa shape index (κ2) is 5.31. The maximum atomic E-state index is 12.6. The van der Waals surface area contributed by atoms with Gasteiger partial charge in [-0.05, 0) is 37.3 Å². The van der Waals surface area contributed by atoms with E-state index in [-0.39, 0.29) is 23.9 Å². The second-order valence-electron chi connectivity index (χ2n) is 5.61. The molecular formula is C15H20N2O3. The molecule has 0 spiro atoms. The molecule has 20 heavy (non-hydrogen) atoms. The number of carbonyl (C=O) groups is 2. The van der Waals surface area contributed by atoms with E-state index >= 15 is 0 Å². The number of furan rings is 1. The maximum absolute atomic E-state index is 12.6. The monoisotopic (exact) mass is 276 g/mol. The minimum atomic E-state index is -0.340. The van der Waals surface area contributed by atoms with Crippen LogP contribution in [0.5, 0.6) is 0 Å². The van der Waals surface area contributed by atoms with Crippen molar-refractivity contribution >= 4 is 11.8 Å². The normalized spacial score (nSPS) is 26.8. The lowest BCUT2D eigenvalue weighted by Gasteiger charge is -2.38. The summed E-state index contributed by atoms with van der Waals surface area (Å²) in [4.78, 5) is 26.5. The van der Waals surface area contributed by atoms with Gasteiger partial charge in [0.1, 0.15) is 17.8 Å². The van der Waals surface area contributed by atoms with Gasteiger partial charge >= 0.3 is 0 Å². The summed E-state index contributed by atoms with van der Waals surface area (Å²) < 4.78 is 5.30. The average Bonchev–Trinajstić information content (AvgIpc) is 3.15. The van der Waals surface area contributed by atoms with Gasteiger partial charge in [0, 0.05) is 13.0 Å². The highest BCUT2D eigenvalue weighted by Crippen LogP contribution is 2.35. The van der Waals surface area contributed by atoms with Gasteiger partial charge in [0.05, 0.1) is 6.26 Å². The summed E-state index contributed by atoms with van der Waals surface area (Å²) in [5.41, 5.74) is 0. The van der Waals surface area contributed by atoms with Gasteiger partial charge in [-0.25, -0.2) is 0 Å². The van der Waals surface area contributed by atoms with E-state index in [2.05, 4.69) is 5.32 Å². The lowest BCUT2D eigenvalue weighted by molar-refractivity contribution is -0.150. The molecule has 1 N–H and O–H groups in total. The highest BCUT2D eigenvalue weighted by molar-refractivity contribution is 5.97. The van der Waals surface area contributed by atoms with Gasteiger partial charge in [-0.15, -0.1) is 0 Å². The Morgan fingerprint density at radius 3 is 2.80 bits per heavy atom. The highest BCUT2D eigenvalue weighted by atomic mass is 16.3. The van der Waals surface area contributed by atoms with Gasteiger partial charge < -0.3 is 14.6 Å². The smallest absolute Gasteiger partial charge is 0.246 e. The molecule has 3 rings (SSSR count). The fourth-order valence-corrected chi connectivity index (χ4v) is 2.89. The Labute approximate surface area is 118 Å². The minimum absolute atomic E-state index is 0.0107. The molecule has 5 heteroatoms. The first-order valence-corrected chi connectivity index (χ1v) is 7.34. The Kier molecular flexibility index (Phi) is 3.51. The molecule has 1 aliphatic heterocycles. The van der Waals surface area contributed by atoms with E-state index in [1.807, 2.05) is 19.1 Å². The summed E-state index contributed by atoms with van der Waals surface area (Å²) >= 11 is 0. The van der Waals surface area contributed by atoms with Crippen LogP contribution in [0.3, 0.4) is 0 Å². The van der Waals surface area contributed by atoms with Gasteiger partial charge in [0.15, 0.2) is 0 Å². The molecule has 2 heterocycles. The number of nitrogens with one attached hydrogen (secondary N) is 1. The Morgan fingerprint density at radius 1 is 1.40 bits per heavy atom. The first-order valence-electron chi connectivity index (χ1n) is 7.34. The molecule has 1 aromatic heterocycles. The van der Waals surface area contributed by atoms with Crippen LogP contribution in [0.1, 0.15) is 31.9 Å². The zero-order valence-electron chi connectivity index (χ0n) is 11.7. The molecule has 0 radical (unpaired) electrons. The fourth-order valence-electron chi connectivity index (χ4n) is 2.89. The number of hydrogen-bond donors (Lipinski definition) is 1. The van der Waals surface area contributed by atoms with E-state index in [0.717, 1.165) is 18.6 Å². The maximum Gasteiger partial charge on any atom is 0.246 e. The number of piperazine rings is 1. The summed E-state index contributed by atoms with van der Waals surface area (Å²) in [5, 5.41) is 2.90. The van der Waals surface area contributed by atoms with Crippen LogP contribution in [0.15, 0.2) is 22.8 Å². The molecule has 2 atom stereocenters. The molecule has 1 aliphatic carbocycles. The van der Waals surface area contributed by atoms with Crippen molar-refractivity contribution in [3.8, 4) is 0 Å². The van der Waals surface area contributed by atoms with Crippen LogP contribution < -0.4 is 5.32 Å². The first-order chi connectivity index (χ1) is 9.70. The minimum Gasteiger partial charge on any atom is -0.469 e. The van der Waals surface area contributed by atoms with Crippen molar-refractivity contribution < 1.29 is 14.0 Å². The van der Waals surface area contributed by atoms with Gasteiger partial charge in [-0.1, -0.05) is 6.92 Å². The number of hydrogen-bond acceptors (Lipinski definition) is 3. The van der Waals surface area contributed by atoms with Gasteiger partial charge in [-0.2, -0.15) is 0 Å². The SMILES string of the molecule is CCC1C(=O)NC(C2CC2)C(=O)N1CCc1ccco1. The van der Waals surface area contributed by atoms with E-state index in [1.54, 1.807) is 11.2 Å². The number of nitrogens with zero attached hydrogens (tertiary/aromatic N) is 1. The predicted octanol–water partition coefficient (Wildman–Crippen LogP) is 1.34. The molecule has 2 fully saturated rings. The Hall–Kier alpha value is -1.78. The molecule has 1 saturated heterocycles. The van der Waals surface area contributed by atoms with Crippen molar-refractivity contribution in [2.24, 2.45) is 5.92 Å². The molecule has 2 unspecified atom stereocenters. The average molecular weight is 276 g/mol. The van der Waals surface area contributed by atoms with Gasteiger partial charge in [0.25, 0.3) is 0 Å². The van der Waals surface area contributed by atoms with E-state index in [4.69, 9.17) is 4.42 Å². The second-order valence-corrected chi connectivity index (χ2v) is 5.61. The summed E-state index contributed by atoms with van der Waals surface area (Å²) in [6.07, 6.45) is 5.01. The number of carbonyl (C=O) groups excluding carboxylic acids is 2. The van der Waals surface area contributed by atoms with Gasteiger partial charge in [0.2, 0.25) is 11.8 Å². The van der Waals surface area contributed by atoms with E-state index in [1.165, 1.54) is 0 Å². The topological polar surface area (TPSA) is 62.6 Å². The summed E-state index contributed by atoms with van der Waals surface area (Å²) in [6.45, 7) is 2.48. The van der Waals surface area contributed by atoms with Crippen molar-refractivity contribution in [3.63, 3.8) is 0 Å².